The average Bonchev–Trinajstić information content (AvgIpc) is 2.89. The summed E-state index contributed by atoms with van der Waals surface area (Å²) in [4.78, 5) is 16.5. The van der Waals surface area contributed by atoms with Crippen LogP contribution in [-0.4, -0.2) is 44.6 Å². The molecule has 0 aliphatic heterocycles. The van der Waals surface area contributed by atoms with Crippen LogP contribution in [0.15, 0.2) is 0 Å². The Kier molecular flexibility index (Phi) is 5.98. The molecule has 7 heteroatoms. The zero-order valence-electron chi connectivity index (χ0n) is 14.5. The molecular weight excluding hydrogens is 294 g/mol. The fourth-order valence-electron chi connectivity index (χ4n) is 3.11. The van der Waals surface area contributed by atoms with Gasteiger partial charge in [0.25, 0.3) is 0 Å². The van der Waals surface area contributed by atoms with Crippen molar-refractivity contribution >= 4 is 6.03 Å². The molecule has 7 nitrogen and oxygen atoms in total. The summed E-state index contributed by atoms with van der Waals surface area (Å²) in [6.45, 7) is 8.71. The molecule has 0 spiro atoms. The maximum absolute atomic E-state index is 11.9. The SMILES string of the molecule is CCCNC(=O)N[C@@H]1C[C@@H](c2nc(C)nn2C(C)C)CC[C@H]1O. The number of nitrogens with one attached hydrogen (secondary N) is 2. The van der Waals surface area contributed by atoms with E-state index in [2.05, 4.69) is 34.6 Å². The molecule has 0 unspecified atom stereocenters. The Labute approximate surface area is 137 Å². The van der Waals surface area contributed by atoms with E-state index in [1.807, 2.05) is 18.5 Å². The van der Waals surface area contributed by atoms with Crippen molar-refractivity contribution in [2.24, 2.45) is 0 Å². The van der Waals surface area contributed by atoms with E-state index in [9.17, 15) is 9.90 Å². The van der Waals surface area contributed by atoms with E-state index < -0.39 is 6.10 Å². The van der Waals surface area contributed by atoms with Crippen molar-refractivity contribution in [3.8, 4) is 0 Å². The van der Waals surface area contributed by atoms with Gasteiger partial charge in [-0.05, 0) is 46.5 Å². The van der Waals surface area contributed by atoms with Gasteiger partial charge in [0.15, 0.2) is 0 Å². The third-order valence-electron chi connectivity index (χ3n) is 4.28. The Hall–Kier alpha value is -1.63. The Balaban J connectivity index is 2.06. The minimum Gasteiger partial charge on any atom is -0.391 e. The molecule has 0 saturated heterocycles. The molecule has 3 N–H and O–H groups in total. The number of hydrogen-bond donors (Lipinski definition) is 3. The van der Waals surface area contributed by atoms with Gasteiger partial charge in [0.05, 0.1) is 12.1 Å². The minimum absolute atomic E-state index is 0.207. The molecule has 0 bridgehead atoms. The van der Waals surface area contributed by atoms with Crippen LogP contribution in [0, 0.1) is 6.92 Å². The lowest BCUT2D eigenvalue weighted by atomic mass is 9.83. The standard InChI is InChI=1S/C16H29N5O2/c1-5-8-17-16(23)19-13-9-12(6-7-14(13)22)15-18-11(4)20-21(15)10(2)3/h10,12-14,22H,5-9H2,1-4H3,(H2,17,19,23)/t12-,13+,14+/m0/s1. The van der Waals surface area contributed by atoms with Crippen molar-refractivity contribution in [2.45, 2.75) is 77.5 Å². The quantitative estimate of drug-likeness (QED) is 0.771. The maximum atomic E-state index is 11.9. The summed E-state index contributed by atoms with van der Waals surface area (Å²) < 4.78 is 1.96. The van der Waals surface area contributed by atoms with E-state index in [1.165, 1.54) is 0 Å². The van der Waals surface area contributed by atoms with E-state index in [1.54, 1.807) is 0 Å². The number of aromatic nitrogens is 3. The molecule has 130 valence electrons. The van der Waals surface area contributed by atoms with Crippen LogP contribution in [-0.2, 0) is 0 Å². The monoisotopic (exact) mass is 323 g/mol. The molecule has 3 atom stereocenters. The first kappa shape index (κ1) is 17.7. The average molecular weight is 323 g/mol. The summed E-state index contributed by atoms with van der Waals surface area (Å²) in [5.74, 6) is 1.94. The number of hydrogen-bond acceptors (Lipinski definition) is 4. The number of aliphatic hydroxyl groups excluding tert-OH is 1. The van der Waals surface area contributed by atoms with E-state index in [0.29, 0.717) is 19.4 Å². The highest BCUT2D eigenvalue weighted by Crippen LogP contribution is 2.33. The molecule has 1 aromatic rings. The Morgan fingerprint density at radius 3 is 2.83 bits per heavy atom. The van der Waals surface area contributed by atoms with Crippen LogP contribution in [0.1, 0.15) is 70.1 Å². The van der Waals surface area contributed by atoms with Crippen LogP contribution >= 0.6 is 0 Å². The zero-order chi connectivity index (χ0) is 17.0. The highest BCUT2D eigenvalue weighted by Gasteiger charge is 2.33. The molecule has 1 aliphatic rings. The summed E-state index contributed by atoms with van der Waals surface area (Å²) in [6, 6.07) is -0.210. The number of urea groups is 1. The van der Waals surface area contributed by atoms with Gasteiger partial charge in [0.1, 0.15) is 11.6 Å². The topological polar surface area (TPSA) is 92.1 Å². The molecule has 1 aromatic heterocycles. The van der Waals surface area contributed by atoms with Gasteiger partial charge >= 0.3 is 6.03 Å². The van der Waals surface area contributed by atoms with Crippen LogP contribution in [0.2, 0.25) is 0 Å². The highest BCUT2D eigenvalue weighted by atomic mass is 16.3. The molecule has 2 amide bonds. The van der Waals surface area contributed by atoms with E-state index in [-0.39, 0.29) is 24.0 Å². The third kappa shape index (κ3) is 4.43. The van der Waals surface area contributed by atoms with Crippen molar-refractivity contribution in [1.29, 1.82) is 0 Å². The van der Waals surface area contributed by atoms with E-state index in [4.69, 9.17) is 0 Å². The first-order valence-electron chi connectivity index (χ1n) is 8.57. The highest BCUT2D eigenvalue weighted by molar-refractivity contribution is 5.74. The third-order valence-corrected chi connectivity index (χ3v) is 4.28. The summed E-state index contributed by atoms with van der Waals surface area (Å²) in [7, 11) is 0. The van der Waals surface area contributed by atoms with Gasteiger partial charge < -0.3 is 15.7 Å². The fraction of sp³-hybridized carbons (Fsp3) is 0.812. The molecule has 0 radical (unpaired) electrons. The smallest absolute Gasteiger partial charge is 0.315 e. The molecule has 1 heterocycles. The number of rotatable bonds is 5. The Morgan fingerprint density at radius 1 is 1.43 bits per heavy atom. The summed E-state index contributed by atoms with van der Waals surface area (Å²) in [6.07, 6.45) is 2.59. The van der Waals surface area contributed by atoms with Crippen LogP contribution in [0.5, 0.6) is 0 Å². The Bertz CT molecular complexity index is 529. The van der Waals surface area contributed by atoms with Crippen molar-refractivity contribution in [3.63, 3.8) is 0 Å². The van der Waals surface area contributed by atoms with Gasteiger partial charge in [0, 0.05) is 18.5 Å². The second kappa shape index (κ2) is 7.77. The van der Waals surface area contributed by atoms with Gasteiger partial charge in [-0.15, -0.1) is 0 Å². The number of carbonyl (C=O) groups excluding carboxylic acids is 1. The van der Waals surface area contributed by atoms with Gasteiger partial charge in [0.2, 0.25) is 0 Å². The fourth-order valence-corrected chi connectivity index (χ4v) is 3.11. The molecular formula is C16H29N5O2. The summed E-state index contributed by atoms with van der Waals surface area (Å²) >= 11 is 0. The predicted octanol–water partition coefficient (Wildman–Crippen LogP) is 1.87. The normalized spacial score (nSPS) is 24.7. The van der Waals surface area contributed by atoms with Gasteiger partial charge in [-0.25, -0.2) is 14.5 Å². The predicted molar refractivity (Wildman–Crippen MR) is 88.4 cm³/mol. The van der Waals surface area contributed by atoms with Crippen molar-refractivity contribution in [3.05, 3.63) is 11.6 Å². The van der Waals surface area contributed by atoms with Gasteiger partial charge in [-0.3, -0.25) is 0 Å². The molecule has 0 aromatic carbocycles. The zero-order valence-corrected chi connectivity index (χ0v) is 14.5. The Morgan fingerprint density at radius 2 is 2.17 bits per heavy atom. The molecule has 23 heavy (non-hydrogen) atoms. The lowest BCUT2D eigenvalue weighted by Gasteiger charge is -2.33. The molecule has 1 fully saturated rings. The second-order valence-electron chi connectivity index (χ2n) is 6.64. The first-order valence-corrected chi connectivity index (χ1v) is 8.57. The summed E-state index contributed by atoms with van der Waals surface area (Å²) in [5.41, 5.74) is 0. The van der Waals surface area contributed by atoms with Gasteiger partial charge in [-0.2, -0.15) is 5.10 Å². The van der Waals surface area contributed by atoms with Crippen molar-refractivity contribution in [1.82, 2.24) is 25.4 Å². The van der Waals surface area contributed by atoms with Gasteiger partial charge in [-0.1, -0.05) is 6.92 Å². The number of amides is 2. The van der Waals surface area contributed by atoms with Crippen LogP contribution in [0.4, 0.5) is 4.79 Å². The summed E-state index contributed by atoms with van der Waals surface area (Å²) in [5, 5.41) is 20.4. The minimum atomic E-state index is -0.504. The largest absolute Gasteiger partial charge is 0.391 e. The van der Waals surface area contributed by atoms with Crippen LogP contribution < -0.4 is 10.6 Å². The molecule has 1 aliphatic carbocycles. The van der Waals surface area contributed by atoms with Crippen molar-refractivity contribution in [2.75, 3.05) is 6.54 Å². The number of aliphatic hydroxyl groups is 1. The second-order valence-corrected chi connectivity index (χ2v) is 6.64. The number of aryl methyl sites for hydroxylation is 1. The number of carbonyl (C=O) groups is 1. The van der Waals surface area contributed by atoms with Crippen LogP contribution in [0.25, 0.3) is 0 Å². The maximum Gasteiger partial charge on any atom is 0.315 e. The molecule has 2 rings (SSSR count). The van der Waals surface area contributed by atoms with E-state index >= 15 is 0 Å². The number of nitrogens with zero attached hydrogens (tertiary/aromatic N) is 3. The first-order chi connectivity index (χ1) is 10.9. The van der Waals surface area contributed by atoms with Crippen LogP contribution in [0.3, 0.4) is 0 Å². The van der Waals surface area contributed by atoms with Crippen molar-refractivity contribution < 1.29 is 9.90 Å². The van der Waals surface area contributed by atoms with E-state index in [0.717, 1.165) is 24.5 Å². The lowest BCUT2D eigenvalue weighted by Crippen LogP contribution is -2.50. The lowest BCUT2D eigenvalue weighted by molar-refractivity contribution is 0.0847. The molecule has 1 saturated carbocycles.